The number of rotatable bonds is 9. The molecule has 0 saturated carbocycles. The molecule has 7 heteroatoms. The van der Waals surface area contributed by atoms with Crippen LogP contribution in [0.15, 0.2) is 48.5 Å². The SMILES string of the molecule is CCCCc1cccc2c1OCC(C(O)CN1CCN(C(C(N)=O)c3ccccc3)CC1)O2. The van der Waals surface area contributed by atoms with E-state index < -0.39 is 18.2 Å². The molecule has 178 valence electrons. The highest BCUT2D eigenvalue weighted by Gasteiger charge is 2.33. The number of primary amides is 1. The Kier molecular flexibility index (Phi) is 7.85. The lowest BCUT2D eigenvalue weighted by Gasteiger charge is -2.40. The summed E-state index contributed by atoms with van der Waals surface area (Å²) in [7, 11) is 0. The standard InChI is InChI=1S/C26H35N3O4/c1-2-3-8-20-11-7-12-22-25(20)32-18-23(33-22)21(30)17-28-13-15-29(16-14-28)24(26(27)31)19-9-5-4-6-10-19/h4-7,9-12,21,23-24,30H,2-3,8,13-18H2,1H3,(H2,27,31). The number of unbranched alkanes of at least 4 members (excludes halogenated alkanes) is 1. The fraction of sp³-hybridized carbons (Fsp3) is 0.500. The largest absolute Gasteiger partial charge is 0.485 e. The molecule has 3 N–H and O–H groups in total. The number of nitrogens with two attached hydrogens (primary N) is 1. The number of piperazine rings is 1. The van der Waals surface area contributed by atoms with E-state index in [9.17, 15) is 9.90 Å². The first-order valence-corrected chi connectivity index (χ1v) is 12.0. The van der Waals surface area contributed by atoms with Crippen molar-refractivity contribution in [2.45, 2.75) is 44.4 Å². The maximum Gasteiger partial charge on any atom is 0.239 e. The summed E-state index contributed by atoms with van der Waals surface area (Å²) in [6.45, 7) is 5.93. The number of carbonyl (C=O) groups excluding carboxylic acids is 1. The van der Waals surface area contributed by atoms with Crippen LogP contribution in [0.2, 0.25) is 0 Å². The molecule has 2 heterocycles. The molecular weight excluding hydrogens is 418 g/mol. The molecule has 1 fully saturated rings. The van der Waals surface area contributed by atoms with Crippen molar-refractivity contribution < 1.29 is 19.4 Å². The predicted octanol–water partition coefficient (Wildman–Crippen LogP) is 2.37. The molecule has 2 aliphatic heterocycles. The first-order chi connectivity index (χ1) is 16.1. The van der Waals surface area contributed by atoms with Crippen molar-refractivity contribution in [3.8, 4) is 11.5 Å². The number of aliphatic hydroxyl groups is 1. The third-order valence-electron chi connectivity index (χ3n) is 6.56. The molecule has 0 aromatic heterocycles. The number of ether oxygens (including phenoxy) is 2. The van der Waals surface area contributed by atoms with E-state index in [0.29, 0.717) is 26.2 Å². The molecule has 3 unspecified atom stereocenters. The van der Waals surface area contributed by atoms with E-state index in [1.165, 1.54) is 5.56 Å². The average molecular weight is 454 g/mol. The van der Waals surface area contributed by atoms with Gasteiger partial charge in [-0.3, -0.25) is 14.6 Å². The summed E-state index contributed by atoms with van der Waals surface area (Å²) < 4.78 is 12.2. The van der Waals surface area contributed by atoms with E-state index in [4.69, 9.17) is 15.2 Å². The zero-order chi connectivity index (χ0) is 23.2. The van der Waals surface area contributed by atoms with Crippen molar-refractivity contribution in [2.75, 3.05) is 39.3 Å². The van der Waals surface area contributed by atoms with Crippen molar-refractivity contribution >= 4 is 5.91 Å². The van der Waals surface area contributed by atoms with Gasteiger partial charge in [-0.2, -0.15) is 0 Å². The lowest BCUT2D eigenvalue weighted by Crippen LogP contribution is -2.54. The molecule has 1 saturated heterocycles. The van der Waals surface area contributed by atoms with E-state index in [1.807, 2.05) is 42.5 Å². The quantitative estimate of drug-likeness (QED) is 0.606. The average Bonchev–Trinajstić information content (AvgIpc) is 2.84. The zero-order valence-electron chi connectivity index (χ0n) is 19.4. The van der Waals surface area contributed by atoms with Gasteiger partial charge in [-0.1, -0.05) is 55.8 Å². The minimum atomic E-state index is -0.662. The topological polar surface area (TPSA) is 88.3 Å². The Bertz CT molecular complexity index is 915. The summed E-state index contributed by atoms with van der Waals surface area (Å²) >= 11 is 0. The zero-order valence-corrected chi connectivity index (χ0v) is 19.4. The Morgan fingerprint density at radius 1 is 1.12 bits per heavy atom. The molecule has 2 aromatic rings. The lowest BCUT2D eigenvalue weighted by molar-refractivity contribution is -0.124. The Balaban J connectivity index is 1.31. The van der Waals surface area contributed by atoms with Crippen molar-refractivity contribution in [3.05, 3.63) is 59.7 Å². The van der Waals surface area contributed by atoms with Gasteiger partial charge in [-0.05, 0) is 30.0 Å². The molecule has 7 nitrogen and oxygen atoms in total. The van der Waals surface area contributed by atoms with E-state index >= 15 is 0 Å². The molecule has 0 spiro atoms. The van der Waals surface area contributed by atoms with Gasteiger partial charge < -0.3 is 20.3 Å². The van der Waals surface area contributed by atoms with E-state index in [2.05, 4.69) is 22.8 Å². The fourth-order valence-corrected chi connectivity index (χ4v) is 4.71. The van der Waals surface area contributed by atoms with E-state index in [-0.39, 0.29) is 5.91 Å². The summed E-state index contributed by atoms with van der Waals surface area (Å²) in [5.41, 5.74) is 7.81. The third-order valence-corrected chi connectivity index (χ3v) is 6.56. The van der Waals surface area contributed by atoms with E-state index in [0.717, 1.165) is 49.4 Å². The normalized spacial score (nSPS) is 20.8. The van der Waals surface area contributed by atoms with Crippen molar-refractivity contribution in [3.63, 3.8) is 0 Å². The van der Waals surface area contributed by atoms with Crippen LogP contribution in [-0.2, 0) is 11.2 Å². The third kappa shape index (κ3) is 5.66. The van der Waals surface area contributed by atoms with Gasteiger partial charge in [0, 0.05) is 32.7 Å². The van der Waals surface area contributed by atoms with Crippen molar-refractivity contribution in [1.29, 1.82) is 0 Å². The van der Waals surface area contributed by atoms with Crippen molar-refractivity contribution in [2.24, 2.45) is 5.73 Å². The first-order valence-electron chi connectivity index (χ1n) is 12.0. The minimum Gasteiger partial charge on any atom is -0.485 e. The van der Waals surface area contributed by atoms with Crippen LogP contribution in [0.3, 0.4) is 0 Å². The van der Waals surface area contributed by atoms with Crippen LogP contribution >= 0.6 is 0 Å². The number of benzene rings is 2. The van der Waals surface area contributed by atoms with Crippen LogP contribution in [0.25, 0.3) is 0 Å². The molecule has 33 heavy (non-hydrogen) atoms. The van der Waals surface area contributed by atoms with Gasteiger partial charge >= 0.3 is 0 Å². The summed E-state index contributed by atoms with van der Waals surface area (Å²) in [6, 6.07) is 15.2. The Morgan fingerprint density at radius 2 is 1.88 bits per heavy atom. The number of nitrogens with zero attached hydrogens (tertiary/aromatic N) is 2. The number of carbonyl (C=O) groups is 1. The van der Waals surface area contributed by atoms with Crippen LogP contribution in [0.1, 0.15) is 36.9 Å². The highest BCUT2D eigenvalue weighted by atomic mass is 16.6. The number of aryl methyl sites for hydroxylation is 1. The first kappa shape index (κ1) is 23.5. The molecule has 0 aliphatic carbocycles. The fourth-order valence-electron chi connectivity index (χ4n) is 4.71. The number of fused-ring (bicyclic) bond motifs is 1. The lowest BCUT2D eigenvalue weighted by atomic mass is 10.0. The summed E-state index contributed by atoms with van der Waals surface area (Å²) in [4.78, 5) is 16.5. The molecular formula is C26H35N3O4. The molecule has 4 rings (SSSR count). The second-order valence-corrected chi connectivity index (χ2v) is 8.93. The van der Waals surface area contributed by atoms with Crippen LogP contribution < -0.4 is 15.2 Å². The maximum atomic E-state index is 12.1. The Morgan fingerprint density at radius 3 is 2.58 bits per heavy atom. The Hall–Kier alpha value is -2.61. The van der Waals surface area contributed by atoms with Crippen LogP contribution in [-0.4, -0.2) is 72.4 Å². The van der Waals surface area contributed by atoms with Gasteiger partial charge in [0.25, 0.3) is 0 Å². The van der Waals surface area contributed by atoms with Crippen LogP contribution in [0, 0.1) is 0 Å². The number of amides is 1. The summed E-state index contributed by atoms with van der Waals surface area (Å²) in [5.74, 6) is 1.21. The summed E-state index contributed by atoms with van der Waals surface area (Å²) in [6.07, 6.45) is 2.14. The number of β-amino-alcohol motifs (C(OH)–C–C–N with tert-alkyl or cyclic N) is 1. The highest BCUT2D eigenvalue weighted by molar-refractivity contribution is 5.81. The minimum absolute atomic E-state index is 0.334. The molecule has 0 radical (unpaired) electrons. The van der Waals surface area contributed by atoms with E-state index in [1.54, 1.807) is 0 Å². The molecule has 3 atom stereocenters. The van der Waals surface area contributed by atoms with Crippen LogP contribution in [0.4, 0.5) is 0 Å². The van der Waals surface area contributed by atoms with Gasteiger partial charge in [0.2, 0.25) is 5.91 Å². The second-order valence-electron chi connectivity index (χ2n) is 8.93. The number of hydrogen-bond acceptors (Lipinski definition) is 6. The molecule has 0 bridgehead atoms. The van der Waals surface area contributed by atoms with Gasteiger partial charge in [-0.15, -0.1) is 0 Å². The van der Waals surface area contributed by atoms with Gasteiger partial charge in [0.1, 0.15) is 18.8 Å². The summed E-state index contributed by atoms with van der Waals surface area (Å²) in [5, 5.41) is 10.9. The number of hydrogen-bond donors (Lipinski definition) is 2. The monoisotopic (exact) mass is 453 g/mol. The van der Waals surface area contributed by atoms with Gasteiger partial charge in [-0.25, -0.2) is 0 Å². The number of para-hydroxylation sites is 1. The van der Waals surface area contributed by atoms with Gasteiger partial charge in [0.05, 0.1) is 0 Å². The second kappa shape index (κ2) is 11.0. The van der Waals surface area contributed by atoms with Crippen LogP contribution in [0.5, 0.6) is 11.5 Å². The molecule has 1 amide bonds. The van der Waals surface area contributed by atoms with Gasteiger partial charge in [0.15, 0.2) is 17.6 Å². The predicted molar refractivity (Wildman–Crippen MR) is 127 cm³/mol. The van der Waals surface area contributed by atoms with Crippen molar-refractivity contribution in [1.82, 2.24) is 9.80 Å². The molecule has 2 aromatic carbocycles. The maximum absolute atomic E-state index is 12.1. The molecule has 2 aliphatic rings. The highest BCUT2D eigenvalue weighted by Crippen LogP contribution is 2.36. The Labute approximate surface area is 196 Å². The number of aliphatic hydroxyl groups excluding tert-OH is 1. The smallest absolute Gasteiger partial charge is 0.239 e.